The van der Waals surface area contributed by atoms with E-state index < -0.39 is 0 Å². The Kier molecular flexibility index (Phi) is 4.25. The van der Waals surface area contributed by atoms with Crippen molar-refractivity contribution in [1.82, 2.24) is 4.98 Å². The fourth-order valence-electron chi connectivity index (χ4n) is 0.959. The van der Waals surface area contributed by atoms with Gasteiger partial charge in [-0.25, -0.2) is 0 Å². The molecule has 0 atom stereocenters. The van der Waals surface area contributed by atoms with Gasteiger partial charge in [-0.1, -0.05) is 12.1 Å². The van der Waals surface area contributed by atoms with Crippen LogP contribution in [0.4, 0.5) is 0 Å². The Balaban J connectivity index is 2.91. The second-order valence-electron chi connectivity index (χ2n) is 2.68. The zero-order chi connectivity index (χ0) is 10.4. The number of thioether (sulfide) groups is 1. The average Bonchev–Trinajstić information content (AvgIpc) is 2.25. The molecule has 1 heterocycles. The van der Waals surface area contributed by atoms with E-state index in [1.54, 1.807) is 18.0 Å². The zero-order valence-corrected chi connectivity index (χ0v) is 8.79. The average molecular weight is 211 g/mol. The third-order valence-electron chi connectivity index (χ3n) is 1.58. The van der Waals surface area contributed by atoms with E-state index in [1.807, 2.05) is 12.1 Å². The molecule has 0 saturated heterocycles. The molecule has 0 fully saturated rings. The summed E-state index contributed by atoms with van der Waals surface area (Å²) in [6.45, 7) is 2.10. The van der Waals surface area contributed by atoms with Crippen molar-refractivity contribution in [3.63, 3.8) is 0 Å². The summed E-state index contributed by atoms with van der Waals surface area (Å²) < 4.78 is 0. The van der Waals surface area contributed by atoms with Crippen LogP contribution >= 0.6 is 11.8 Å². The van der Waals surface area contributed by atoms with E-state index in [-0.39, 0.29) is 5.84 Å². The zero-order valence-electron chi connectivity index (χ0n) is 7.97. The van der Waals surface area contributed by atoms with Crippen LogP contribution in [0.2, 0.25) is 0 Å². The predicted molar refractivity (Wildman–Crippen MR) is 57.8 cm³/mol. The van der Waals surface area contributed by atoms with Gasteiger partial charge in [0.2, 0.25) is 0 Å². The molecule has 76 valence electrons. The predicted octanol–water partition coefficient (Wildman–Crippen LogP) is 1.68. The highest BCUT2D eigenvalue weighted by atomic mass is 32.2. The molecular weight excluding hydrogens is 198 g/mol. The number of hydrogen-bond donors (Lipinski definition) is 2. The number of hydrogen-bond acceptors (Lipinski definition) is 4. The third kappa shape index (κ3) is 2.63. The third-order valence-corrected chi connectivity index (χ3v) is 2.84. The lowest BCUT2D eigenvalue weighted by molar-refractivity contribution is 0.318. The lowest BCUT2D eigenvalue weighted by Gasteiger charge is -2.04. The monoisotopic (exact) mass is 211 g/mol. The molecule has 4 nitrogen and oxygen atoms in total. The van der Waals surface area contributed by atoms with Crippen LogP contribution in [-0.2, 0) is 0 Å². The summed E-state index contributed by atoms with van der Waals surface area (Å²) >= 11 is 1.66. The smallest absolute Gasteiger partial charge is 0.189 e. The minimum absolute atomic E-state index is 0.0594. The normalized spacial score (nSPS) is 11.6. The maximum absolute atomic E-state index is 8.55. The van der Waals surface area contributed by atoms with Gasteiger partial charge in [-0.3, -0.25) is 4.98 Å². The van der Waals surface area contributed by atoms with E-state index in [1.165, 1.54) is 0 Å². The summed E-state index contributed by atoms with van der Waals surface area (Å²) in [7, 11) is 0. The second kappa shape index (κ2) is 5.49. The summed E-state index contributed by atoms with van der Waals surface area (Å²) in [5, 5.41) is 11.5. The van der Waals surface area contributed by atoms with E-state index in [4.69, 9.17) is 10.9 Å². The minimum Gasteiger partial charge on any atom is -0.409 e. The first-order chi connectivity index (χ1) is 6.79. The van der Waals surface area contributed by atoms with Crippen LogP contribution in [0.25, 0.3) is 0 Å². The molecular formula is C9H13N3OS. The summed E-state index contributed by atoms with van der Waals surface area (Å²) in [6, 6.07) is 3.76. The fourth-order valence-corrected chi connectivity index (χ4v) is 1.85. The molecule has 0 spiro atoms. The van der Waals surface area contributed by atoms with Crippen molar-refractivity contribution in [2.45, 2.75) is 18.2 Å². The molecule has 0 radical (unpaired) electrons. The highest BCUT2D eigenvalue weighted by molar-refractivity contribution is 7.99. The van der Waals surface area contributed by atoms with Gasteiger partial charge in [-0.15, -0.1) is 11.8 Å². The van der Waals surface area contributed by atoms with Crippen LogP contribution in [0.15, 0.2) is 28.4 Å². The van der Waals surface area contributed by atoms with Crippen molar-refractivity contribution in [2.75, 3.05) is 5.75 Å². The van der Waals surface area contributed by atoms with E-state index in [0.717, 1.165) is 17.1 Å². The van der Waals surface area contributed by atoms with Crippen LogP contribution < -0.4 is 5.73 Å². The van der Waals surface area contributed by atoms with Gasteiger partial charge < -0.3 is 10.9 Å². The second-order valence-corrected chi connectivity index (χ2v) is 3.82. The Morgan fingerprint density at radius 3 is 3.14 bits per heavy atom. The molecule has 0 aliphatic heterocycles. The van der Waals surface area contributed by atoms with Crippen molar-refractivity contribution >= 4 is 17.6 Å². The molecule has 1 aromatic heterocycles. The molecule has 0 unspecified atom stereocenters. The quantitative estimate of drug-likeness (QED) is 0.261. The molecule has 14 heavy (non-hydrogen) atoms. The van der Waals surface area contributed by atoms with Crippen molar-refractivity contribution < 1.29 is 5.21 Å². The van der Waals surface area contributed by atoms with Gasteiger partial charge in [0.05, 0.1) is 0 Å². The summed E-state index contributed by atoms with van der Waals surface area (Å²) in [5.74, 6) is 1.06. The Bertz CT molecular complexity index is 328. The summed E-state index contributed by atoms with van der Waals surface area (Å²) in [4.78, 5) is 5.01. The highest BCUT2D eigenvalue weighted by Crippen LogP contribution is 2.21. The van der Waals surface area contributed by atoms with E-state index in [9.17, 15) is 0 Å². The van der Waals surface area contributed by atoms with Crippen LogP contribution in [0.1, 0.15) is 19.0 Å². The van der Waals surface area contributed by atoms with Gasteiger partial charge in [0, 0.05) is 11.1 Å². The van der Waals surface area contributed by atoms with Crippen LogP contribution in [0.3, 0.4) is 0 Å². The highest BCUT2D eigenvalue weighted by Gasteiger charge is 2.07. The van der Waals surface area contributed by atoms with E-state index >= 15 is 0 Å². The van der Waals surface area contributed by atoms with Crippen LogP contribution in [0.5, 0.6) is 0 Å². The van der Waals surface area contributed by atoms with Gasteiger partial charge in [0.1, 0.15) is 5.69 Å². The minimum atomic E-state index is 0.0594. The summed E-state index contributed by atoms with van der Waals surface area (Å²) in [5.41, 5.74) is 6.04. The van der Waals surface area contributed by atoms with Gasteiger partial charge in [-0.05, 0) is 24.3 Å². The molecule has 1 rings (SSSR count). The number of nitrogens with two attached hydrogens (primary N) is 1. The van der Waals surface area contributed by atoms with Crippen molar-refractivity contribution in [1.29, 1.82) is 0 Å². The lowest BCUT2D eigenvalue weighted by Crippen LogP contribution is -2.16. The van der Waals surface area contributed by atoms with Crippen molar-refractivity contribution in [3.05, 3.63) is 24.0 Å². The number of pyridine rings is 1. The molecule has 5 heteroatoms. The number of rotatable bonds is 4. The SMILES string of the molecule is CCCSc1cccnc1/C(N)=N/O. The largest absolute Gasteiger partial charge is 0.409 e. The lowest BCUT2D eigenvalue weighted by atomic mass is 10.3. The molecule has 0 bridgehead atoms. The van der Waals surface area contributed by atoms with Gasteiger partial charge in [0.25, 0.3) is 0 Å². The first-order valence-electron chi connectivity index (χ1n) is 4.35. The molecule has 0 aliphatic rings. The Morgan fingerprint density at radius 2 is 2.50 bits per heavy atom. The fraction of sp³-hybridized carbons (Fsp3) is 0.333. The standard InChI is InChI=1S/C9H13N3OS/c1-2-6-14-7-4-3-5-11-8(7)9(10)12-13/h3-5,13H,2,6H2,1H3,(H2,10,12). The Morgan fingerprint density at radius 1 is 1.71 bits per heavy atom. The van der Waals surface area contributed by atoms with Crippen LogP contribution in [-0.4, -0.2) is 21.8 Å². The first kappa shape index (κ1) is 10.8. The molecule has 0 amide bonds. The number of amidine groups is 1. The number of nitrogens with zero attached hydrogens (tertiary/aromatic N) is 2. The summed E-state index contributed by atoms with van der Waals surface area (Å²) in [6.07, 6.45) is 2.71. The van der Waals surface area contributed by atoms with Gasteiger partial charge in [0.15, 0.2) is 5.84 Å². The van der Waals surface area contributed by atoms with Gasteiger partial charge in [-0.2, -0.15) is 0 Å². The molecule has 0 aromatic carbocycles. The maximum atomic E-state index is 8.55. The number of aromatic nitrogens is 1. The molecule has 3 N–H and O–H groups in total. The molecule has 0 saturated carbocycles. The Hall–Kier alpha value is -1.23. The Labute approximate surface area is 87.2 Å². The number of oxime groups is 1. The van der Waals surface area contributed by atoms with Crippen molar-refractivity contribution in [3.8, 4) is 0 Å². The topological polar surface area (TPSA) is 71.5 Å². The molecule has 1 aromatic rings. The van der Waals surface area contributed by atoms with E-state index in [0.29, 0.717) is 5.69 Å². The van der Waals surface area contributed by atoms with E-state index in [2.05, 4.69) is 17.1 Å². The van der Waals surface area contributed by atoms with Gasteiger partial charge >= 0.3 is 0 Å². The maximum Gasteiger partial charge on any atom is 0.189 e. The van der Waals surface area contributed by atoms with Crippen molar-refractivity contribution in [2.24, 2.45) is 10.9 Å². The first-order valence-corrected chi connectivity index (χ1v) is 5.33. The molecule has 0 aliphatic carbocycles. The van der Waals surface area contributed by atoms with Crippen LogP contribution in [0, 0.1) is 0 Å².